The third-order valence-corrected chi connectivity index (χ3v) is 9.79. The molecule has 1 aliphatic heterocycles. The van der Waals surface area contributed by atoms with Crippen LogP contribution in [0, 0.1) is 0 Å². The molecule has 0 aliphatic carbocycles. The number of hydrogen-bond donors (Lipinski definition) is 1. The van der Waals surface area contributed by atoms with Crippen molar-refractivity contribution in [3.63, 3.8) is 0 Å². The van der Waals surface area contributed by atoms with E-state index in [4.69, 9.17) is 4.99 Å². The SMILES string of the molecule is CCCCCCCCCCCCCC(=O)NCCC[N+]1(Cc2ccccc2)CCN=C1CCCCCCCCCCCCC.[Cl-]. The fourth-order valence-electron chi connectivity index (χ4n) is 6.98. The highest BCUT2D eigenvalue weighted by Crippen LogP contribution is 2.25. The van der Waals surface area contributed by atoms with Crippen LogP contribution in [0.2, 0.25) is 0 Å². The predicted molar refractivity (Wildman–Crippen MR) is 192 cm³/mol. The number of hydrogen-bond acceptors (Lipinski definition) is 2. The summed E-state index contributed by atoms with van der Waals surface area (Å²) < 4.78 is 0.996. The minimum absolute atomic E-state index is 0. The standard InChI is InChI=1S/C40H71N3O.ClH/c1-3-5-7-9-11-13-15-17-19-21-26-31-39-41-34-36-43(39,37-38-29-24-23-25-30-38)35-28-33-42-40(44)32-27-22-20-18-16-14-12-10-8-6-4-2;/h23-25,29-30H,3-22,26-28,31-37H2,1-2H3;1H. The molecular formula is C40H72ClN3O. The van der Waals surface area contributed by atoms with Crippen LogP contribution in [0.3, 0.4) is 0 Å². The number of rotatable bonds is 30. The first-order chi connectivity index (χ1) is 21.7. The van der Waals surface area contributed by atoms with Crippen molar-refractivity contribution >= 4 is 11.7 Å². The largest absolute Gasteiger partial charge is 1.00 e. The van der Waals surface area contributed by atoms with Crippen molar-refractivity contribution in [3.8, 4) is 0 Å². The van der Waals surface area contributed by atoms with E-state index in [-0.39, 0.29) is 18.3 Å². The number of amidine groups is 1. The maximum absolute atomic E-state index is 12.5. The summed E-state index contributed by atoms with van der Waals surface area (Å²) >= 11 is 0. The van der Waals surface area contributed by atoms with Gasteiger partial charge in [-0.15, -0.1) is 0 Å². The second kappa shape index (κ2) is 28.8. The van der Waals surface area contributed by atoms with Gasteiger partial charge in [0.2, 0.25) is 5.91 Å². The highest BCUT2D eigenvalue weighted by molar-refractivity contribution is 5.77. The Bertz CT molecular complexity index is 845. The molecule has 0 saturated heterocycles. The molecule has 260 valence electrons. The maximum atomic E-state index is 12.5. The Labute approximate surface area is 286 Å². The summed E-state index contributed by atoms with van der Waals surface area (Å²) in [5, 5.41) is 3.24. The first kappa shape index (κ1) is 41.6. The van der Waals surface area contributed by atoms with Crippen LogP contribution in [0.25, 0.3) is 0 Å². The Morgan fingerprint density at radius 1 is 0.667 bits per heavy atom. The summed E-state index contributed by atoms with van der Waals surface area (Å²) in [4.78, 5) is 17.6. The molecule has 4 nitrogen and oxygen atoms in total. The van der Waals surface area contributed by atoms with Crippen LogP contribution in [-0.2, 0) is 11.3 Å². The van der Waals surface area contributed by atoms with Crippen LogP contribution < -0.4 is 17.7 Å². The third kappa shape index (κ3) is 20.5. The zero-order valence-electron chi connectivity index (χ0n) is 29.8. The van der Waals surface area contributed by atoms with Crippen LogP contribution >= 0.6 is 0 Å². The number of carbonyl (C=O) groups excluding carboxylic acids is 1. The Morgan fingerprint density at radius 2 is 1.16 bits per heavy atom. The van der Waals surface area contributed by atoms with E-state index in [0.717, 1.165) is 56.5 Å². The molecule has 1 heterocycles. The molecule has 45 heavy (non-hydrogen) atoms. The summed E-state index contributed by atoms with van der Waals surface area (Å²) in [7, 11) is 0. The highest BCUT2D eigenvalue weighted by atomic mass is 35.5. The van der Waals surface area contributed by atoms with Gasteiger partial charge in [0.25, 0.3) is 0 Å². The molecule has 1 aromatic carbocycles. The van der Waals surface area contributed by atoms with Crippen molar-refractivity contribution in [2.45, 2.75) is 181 Å². The first-order valence-corrected chi connectivity index (χ1v) is 19.4. The number of quaternary nitrogens is 1. The van der Waals surface area contributed by atoms with Gasteiger partial charge in [-0.05, 0) is 12.8 Å². The summed E-state index contributed by atoms with van der Waals surface area (Å²) in [5.74, 6) is 1.66. The summed E-state index contributed by atoms with van der Waals surface area (Å²) in [6.07, 6.45) is 32.6. The quantitative estimate of drug-likeness (QED) is 0.0663. The van der Waals surface area contributed by atoms with Crippen molar-refractivity contribution in [3.05, 3.63) is 35.9 Å². The topological polar surface area (TPSA) is 41.5 Å². The molecule has 1 unspecified atom stereocenters. The van der Waals surface area contributed by atoms with E-state index in [1.807, 2.05) is 0 Å². The summed E-state index contributed by atoms with van der Waals surface area (Å²) in [6, 6.07) is 11.0. The molecule has 1 atom stereocenters. The monoisotopic (exact) mass is 646 g/mol. The van der Waals surface area contributed by atoms with E-state index < -0.39 is 0 Å². The van der Waals surface area contributed by atoms with Gasteiger partial charge in [0.15, 0.2) is 5.84 Å². The van der Waals surface area contributed by atoms with E-state index in [1.54, 1.807) is 0 Å². The first-order valence-electron chi connectivity index (χ1n) is 19.4. The molecule has 0 aromatic heterocycles. The summed E-state index contributed by atoms with van der Waals surface area (Å²) in [5.41, 5.74) is 1.40. The smallest absolute Gasteiger partial charge is 0.219 e. The number of aliphatic imine (C=N–C) groups is 1. The molecule has 2 rings (SSSR count). The minimum Gasteiger partial charge on any atom is -1.00 e. The molecule has 1 N–H and O–H groups in total. The van der Waals surface area contributed by atoms with Crippen molar-refractivity contribution in [1.82, 2.24) is 5.32 Å². The van der Waals surface area contributed by atoms with Gasteiger partial charge in [0.1, 0.15) is 13.1 Å². The molecular weight excluding hydrogens is 574 g/mol. The zero-order valence-corrected chi connectivity index (χ0v) is 30.5. The third-order valence-electron chi connectivity index (χ3n) is 9.79. The van der Waals surface area contributed by atoms with Gasteiger partial charge in [0, 0.05) is 31.4 Å². The number of unbranched alkanes of at least 4 members (excludes halogenated alkanes) is 20. The van der Waals surface area contributed by atoms with Crippen LogP contribution in [-0.4, -0.2) is 42.4 Å². The number of halogens is 1. The second-order valence-electron chi connectivity index (χ2n) is 13.8. The Balaban J connectivity index is 0.0000101. The Morgan fingerprint density at radius 3 is 1.69 bits per heavy atom. The fourth-order valence-corrected chi connectivity index (χ4v) is 6.98. The fraction of sp³-hybridized carbons (Fsp3) is 0.800. The maximum Gasteiger partial charge on any atom is 0.219 e. The summed E-state index contributed by atoms with van der Waals surface area (Å²) in [6.45, 7) is 9.53. The lowest BCUT2D eigenvalue weighted by atomic mass is 10.0. The molecule has 5 heteroatoms. The lowest BCUT2D eigenvalue weighted by Crippen LogP contribution is -3.00. The van der Waals surface area contributed by atoms with Crippen molar-refractivity contribution in [2.24, 2.45) is 4.99 Å². The zero-order chi connectivity index (χ0) is 31.4. The molecule has 1 aliphatic rings. The predicted octanol–water partition coefficient (Wildman–Crippen LogP) is 8.33. The van der Waals surface area contributed by atoms with Crippen molar-refractivity contribution < 1.29 is 21.7 Å². The molecule has 1 aromatic rings. The van der Waals surface area contributed by atoms with E-state index in [1.165, 1.54) is 146 Å². The van der Waals surface area contributed by atoms with Crippen molar-refractivity contribution in [1.29, 1.82) is 0 Å². The number of nitrogens with one attached hydrogen (secondary N) is 1. The molecule has 0 bridgehead atoms. The minimum atomic E-state index is 0. The lowest BCUT2D eigenvalue weighted by molar-refractivity contribution is -0.850. The molecule has 0 saturated carbocycles. The van der Waals surface area contributed by atoms with Crippen LogP contribution in [0.1, 0.15) is 180 Å². The number of nitrogens with zero attached hydrogens (tertiary/aromatic N) is 2. The van der Waals surface area contributed by atoms with Crippen LogP contribution in [0.5, 0.6) is 0 Å². The number of amides is 1. The average Bonchev–Trinajstić information content (AvgIpc) is 3.43. The van der Waals surface area contributed by atoms with Gasteiger partial charge in [-0.3, -0.25) is 9.28 Å². The second-order valence-corrected chi connectivity index (χ2v) is 13.8. The molecule has 0 spiro atoms. The van der Waals surface area contributed by atoms with E-state index >= 15 is 0 Å². The average molecular weight is 646 g/mol. The lowest BCUT2D eigenvalue weighted by Gasteiger charge is -2.35. The Kier molecular flexibility index (Phi) is 26.6. The van der Waals surface area contributed by atoms with Gasteiger partial charge in [-0.1, -0.05) is 173 Å². The number of carbonyl (C=O) groups is 1. The normalized spacial score (nSPS) is 16.0. The molecule has 1 amide bonds. The van der Waals surface area contributed by atoms with E-state index in [0.29, 0.717) is 6.42 Å². The molecule has 0 radical (unpaired) electrons. The van der Waals surface area contributed by atoms with E-state index in [9.17, 15) is 4.79 Å². The number of benzene rings is 1. The van der Waals surface area contributed by atoms with Gasteiger partial charge in [-0.2, -0.15) is 0 Å². The van der Waals surface area contributed by atoms with Gasteiger partial charge in [-0.25, -0.2) is 4.99 Å². The van der Waals surface area contributed by atoms with Crippen LogP contribution in [0.15, 0.2) is 35.3 Å². The van der Waals surface area contributed by atoms with Crippen molar-refractivity contribution in [2.75, 3.05) is 26.2 Å². The molecule has 0 fully saturated rings. The van der Waals surface area contributed by atoms with Crippen LogP contribution in [0.4, 0.5) is 0 Å². The Hall–Kier alpha value is -1.39. The highest BCUT2D eigenvalue weighted by Gasteiger charge is 2.37. The van der Waals surface area contributed by atoms with Gasteiger partial charge in [0.05, 0.1) is 13.1 Å². The van der Waals surface area contributed by atoms with E-state index in [2.05, 4.69) is 49.5 Å². The van der Waals surface area contributed by atoms with Gasteiger partial charge >= 0.3 is 0 Å². The van der Waals surface area contributed by atoms with Gasteiger partial charge < -0.3 is 17.7 Å².